The van der Waals surface area contributed by atoms with Gasteiger partial charge in [-0.05, 0) is 58.8 Å². The summed E-state index contributed by atoms with van der Waals surface area (Å²) < 4.78 is 18.4. The van der Waals surface area contributed by atoms with Gasteiger partial charge in [0.15, 0.2) is 5.82 Å². The topological polar surface area (TPSA) is 130 Å². The highest BCUT2D eigenvalue weighted by Crippen LogP contribution is 2.32. The van der Waals surface area contributed by atoms with E-state index >= 15 is 0 Å². The third-order valence-corrected chi connectivity index (χ3v) is 8.52. The van der Waals surface area contributed by atoms with Crippen molar-refractivity contribution in [3.05, 3.63) is 60.4 Å². The van der Waals surface area contributed by atoms with Crippen LogP contribution in [-0.4, -0.2) is 80.2 Å². The van der Waals surface area contributed by atoms with E-state index in [4.69, 9.17) is 14.0 Å². The molecule has 2 saturated heterocycles. The first kappa shape index (κ1) is 30.2. The Kier molecular flexibility index (Phi) is 9.06. The molecule has 1 amide bonds. The van der Waals surface area contributed by atoms with Gasteiger partial charge in [0.05, 0.1) is 24.0 Å². The summed E-state index contributed by atoms with van der Waals surface area (Å²) in [5.41, 5.74) is 0.539. The number of nitrogens with zero attached hydrogens (tertiary/aromatic N) is 7. The van der Waals surface area contributed by atoms with E-state index in [0.29, 0.717) is 37.0 Å². The first-order chi connectivity index (χ1) is 20.7. The fourth-order valence-electron chi connectivity index (χ4n) is 5.97. The van der Waals surface area contributed by atoms with Gasteiger partial charge in [-0.2, -0.15) is 20.2 Å². The summed E-state index contributed by atoms with van der Waals surface area (Å²) >= 11 is 0. The third kappa shape index (κ3) is 6.70. The van der Waals surface area contributed by atoms with Gasteiger partial charge < -0.3 is 18.9 Å². The number of piperidine rings is 1. The van der Waals surface area contributed by atoms with E-state index in [0.717, 1.165) is 24.9 Å². The number of rotatable bonds is 10. The lowest BCUT2D eigenvalue weighted by atomic mass is 9.84. The highest BCUT2D eigenvalue weighted by molar-refractivity contribution is 5.87. The van der Waals surface area contributed by atoms with Crippen LogP contribution in [0.25, 0.3) is 11.7 Å². The van der Waals surface area contributed by atoms with Crippen molar-refractivity contribution in [1.82, 2.24) is 29.9 Å². The van der Waals surface area contributed by atoms with Gasteiger partial charge in [-0.1, -0.05) is 42.1 Å². The Morgan fingerprint density at radius 2 is 1.98 bits per heavy atom. The smallest absolute Gasteiger partial charge is 0.296 e. The van der Waals surface area contributed by atoms with Gasteiger partial charge in [0.2, 0.25) is 23.5 Å². The number of aromatic nitrogens is 4. The molecule has 0 unspecified atom stereocenters. The summed E-state index contributed by atoms with van der Waals surface area (Å²) in [6, 6.07) is 13.8. The van der Waals surface area contributed by atoms with Gasteiger partial charge in [-0.3, -0.25) is 9.69 Å². The SMILES string of the molecule is C=CC(=O)N1CC[C@H](Oc2cc(O[C@@H](C)[C@@H]3CCCN3C)nc(-c3nc(C(C)(C)c4ccccc4)no3)n2)C[C@H]1CC#N. The molecule has 2 aliphatic heterocycles. The fourth-order valence-corrected chi connectivity index (χ4v) is 5.97. The maximum absolute atomic E-state index is 12.4. The van der Waals surface area contributed by atoms with Crippen molar-refractivity contribution < 1.29 is 18.8 Å². The predicted molar refractivity (Wildman–Crippen MR) is 159 cm³/mol. The normalized spacial score (nSPS) is 21.7. The van der Waals surface area contributed by atoms with Crippen LogP contribution in [0.15, 0.2) is 53.6 Å². The second-order valence-electron chi connectivity index (χ2n) is 11.8. The summed E-state index contributed by atoms with van der Waals surface area (Å²) in [6.45, 7) is 11.2. The minimum Gasteiger partial charge on any atom is -0.474 e. The van der Waals surface area contributed by atoms with Crippen LogP contribution in [-0.2, 0) is 10.2 Å². The zero-order valence-electron chi connectivity index (χ0n) is 25.3. The molecule has 2 aromatic heterocycles. The average molecular weight is 586 g/mol. The quantitative estimate of drug-likeness (QED) is 0.312. The molecule has 5 rings (SSSR count). The number of amides is 1. The lowest BCUT2D eigenvalue weighted by molar-refractivity contribution is -0.130. The third-order valence-electron chi connectivity index (χ3n) is 8.52. The van der Waals surface area contributed by atoms with Crippen molar-refractivity contribution in [2.45, 2.75) is 82.6 Å². The molecule has 11 nitrogen and oxygen atoms in total. The summed E-state index contributed by atoms with van der Waals surface area (Å²) in [4.78, 5) is 30.3. The molecule has 0 aliphatic carbocycles. The first-order valence-electron chi connectivity index (χ1n) is 14.8. The Hall–Kier alpha value is -4.30. The molecule has 1 aromatic carbocycles. The molecule has 3 aromatic rings. The molecule has 0 spiro atoms. The van der Waals surface area contributed by atoms with E-state index in [-0.39, 0.29) is 48.3 Å². The molecule has 2 aliphatic rings. The van der Waals surface area contributed by atoms with Crippen LogP contribution >= 0.6 is 0 Å². The van der Waals surface area contributed by atoms with Crippen molar-refractivity contribution in [3.63, 3.8) is 0 Å². The molecular weight excluding hydrogens is 546 g/mol. The number of hydrogen-bond donors (Lipinski definition) is 0. The predicted octanol–water partition coefficient (Wildman–Crippen LogP) is 4.55. The van der Waals surface area contributed by atoms with Gasteiger partial charge in [-0.25, -0.2) is 0 Å². The number of carbonyl (C=O) groups excluding carboxylic acids is 1. The number of likely N-dealkylation sites (N-methyl/N-ethyl adjacent to an activating group) is 1. The lowest BCUT2D eigenvalue weighted by Gasteiger charge is -2.37. The van der Waals surface area contributed by atoms with Crippen LogP contribution in [0.4, 0.5) is 0 Å². The molecule has 0 N–H and O–H groups in total. The van der Waals surface area contributed by atoms with Crippen molar-refractivity contribution in [2.75, 3.05) is 20.1 Å². The maximum Gasteiger partial charge on any atom is 0.296 e. The summed E-state index contributed by atoms with van der Waals surface area (Å²) in [5, 5.41) is 13.7. The van der Waals surface area contributed by atoms with Crippen LogP contribution in [0.2, 0.25) is 0 Å². The second kappa shape index (κ2) is 12.9. The molecule has 4 atom stereocenters. The van der Waals surface area contributed by atoms with Crippen molar-refractivity contribution in [2.24, 2.45) is 0 Å². The number of ether oxygens (including phenoxy) is 2. The molecule has 0 bridgehead atoms. The molecule has 0 radical (unpaired) electrons. The van der Waals surface area contributed by atoms with Crippen molar-refractivity contribution in [3.8, 4) is 29.5 Å². The number of likely N-dealkylation sites (tertiary alicyclic amines) is 2. The number of benzene rings is 1. The van der Waals surface area contributed by atoms with Crippen molar-refractivity contribution >= 4 is 5.91 Å². The highest BCUT2D eigenvalue weighted by atomic mass is 16.5. The van der Waals surface area contributed by atoms with E-state index in [2.05, 4.69) is 44.7 Å². The molecule has 4 heterocycles. The largest absolute Gasteiger partial charge is 0.474 e. The number of carbonyl (C=O) groups is 1. The van der Waals surface area contributed by atoms with Gasteiger partial charge >= 0.3 is 0 Å². The first-order valence-corrected chi connectivity index (χ1v) is 14.8. The molecule has 0 saturated carbocycles. The minimum absolute atomic E-state index is 0.119. The van der Waals surface area contributed by atoms with Crippen molar-refractivity contribution in [1.29, 1.82) is 5.26 Å². The Balaban J connectivity index is 1.43. The van der Waals surface area contributed by atoms with Gasteiger partial charge in [0.1, 0.15) is 12.2 Å². The van der Waals surface area contributed by atoms with E-state index < -0.39 is 5.41 Å². The van der Waals surface area contributed by atoms with Gasteiger partial charge in [-0.15, -0.1) is 0 Å². The van der Waals surface area contributed by atoms with Crippen LogP contribution in [0.1, 0.15) is 64.3 Å². The van der Waals surface area contributed by atoms with E-state index in [9.17, 15) is 10.1 Å². The number of nitriles is 1. The lowest BCUT2D eigenvalue weighted by Crippen LogP contribution is -2.48. The van der Waals surface area contributed by atoms with E-state index in [1.165, 1.54) is 6.08 Å². The van der Waals surface area contributed by atoms with Crippen LogP contribution in [0.3, 0.4) is 0 Å². The molecule has 226 valence electrons. The van der Waals surface area contributed by atoms with E-state index in [1.807, 2.05) is 51.1 Å². The van der Waals surface area contributed by atoms with E-state index in [1.54, 1.807) is 11.0 Å². The zero-order chi connectivity index (χ0) is 30.6. The Bertz CT molecular complexity index is 1470. The second-order valence-corrected chi connectivity index (χ2v) is 11.8. The van der Waals surface area contributed by atoms with Gasteiger partial charge in [0, 0.05) is 31.5 Å². The summed E-state index contributed by atoms with van der Waals surface area (Å²) in [6.07, 6.45) is 4.34. The standard InChI is InChI=1S/C32H39N7O4/c1-6-28(40)39-18-15-24(19-23(39)14-16-33)42-27-20-26(41-21(2)25-13-10-17-38(25)5)34-29(35-27)30-36-31(37-43-30)32(3,4)22-11-8-7-9-12-22/h6-9,11-12,20-21,23-25H,1,10,13-15,17-19H2,2-5H3/t21-,23+,24-,25-/m0/s1. The fraction of sp³-hybridized carbons (Fsp3) is 0.500. The Morgan fingerprint density at radius 3 is 2.67 bits per heavy atom. The summed E-state index contributed by atoms with van der Waals surface area (Å²) in [7, 11) is 2.10. The highest BCUT2D eigenvalue weighted by Gasteiger charge is 2.34. The zero-order valence-corrected chi connectivity index (χ0v) is 25.3. The van der Waals surface area contributed by atoms with Crippen LogP contribution in [0, 0.1) is 11.3 Å². The molecular formula is C32H39N7O4. The van der Waals surface area contributed by atoms with Crippen LogP contribution < -0.4 is 9.47 Å². The Labute approximate surface area is 252 Å². The average Bonchev–Trinajstić information content (AvgIpc) is 3.68. The van der Waals surface area contributed by atoms with Crippen LogP contribution in [0.5, 0.6) is 11.8 Å². The molecule has 2 fully saturated rings. The Morgan fingerprint density at radius 1 is 1.21 bits per heavy atom. The summed E-state index contributed by atoms with van der Waals surface area (Å²) in [5.74, 6) is 1.34. The maximum atomic E-state index is 12.4. The monoisotopic (exact) mass is 585 g/mol. The molecule has 43 heavy (non-hydrogen) atoms. The minimum atomic E-state index is -0.509. The number of hydrogen-bond acceptors (Lipinski definition) is 10. The molecule has 11 heteroatoms. The van der Waals surface area contributed by atoms with Gasteiger partial charge in [0.25, 0.3) is 5.89 Å².